The van der Waals surface area contributed by atoms with Crippen LogP contribution in [0.4, 0.5) is 0 Å². The Balaban J connectivity index is 2.64. The standard InChI is InChI=1S/C8H5N5/c1-2-13-7(4-9-1)12-6-3-10-5-11-8(6)13/h1-5H. The smallest absolute Gasteiger partial charge is 0.167 e. The molecule has 3 rings (SSSR count). The molecule has 0 fully saturated rings. The van der Waals surface area contributed by atoms with Crippen LogP contribution in [0.15, 0.2) is 31.1 Å². The van der Waals surface area contributed by atoms with Crippen molar-refractivity contribution in [1.29, 1.82) is 0 Å². The Morgan fingerprint density at radius 2 is 2.15 bits per heavy atom. The second kappa shape index (κ2) is 2.22. The van der Waals surface area contributed by atoms with Crippen LogP contribution < -0.4 is 0 Å². The van der Waals surface area contributed by atoms with E-state index in [4.69, 9.17) is 0 Å². The molecule has 0 amide bonds. The van der Waals surface area contributed by atoms with Gasteiger partial charge in [-0.2, -0.15) is 0 Å². The SMILES string of the molecule is c1cn2c(cn1)nc1cncnc12. The number of hydrogen-bond donors (Lipinski definition) is 0. The molecule has 0 spiro atoms. The summed E-state index contributed by atoms with van der Waals surface area (Å²) in [4.78, 5) is 16.3. The molecule has 62 valence electrons. The molecule has 13 heavy (non-hydrogen) atoms. The Labute approximate surface area is 73.1 Å². The maximum absolute atomic E-state index is 4.29. The molecular formula is C8H5N5. The predicted molar refractivity (Wildman–Crippen MR) is 46.1 cm³/mol. The number of imidazole rings is 1. The molecule has 0 saturated heterocycles. The lowest BCUT2D eigenvalue weighted by Gasteiger charge is -1.90. The van der Waals surface area contributed by atoms with E-state index in [-0.39, 0.29) is 0 Å². The number of hydrogen-bond acceptors (Lipinski definition) is 4. The van der Waals surface area contributed by atoms with Crippen LogP contribution in [0.2, 0.25) is 0 Å². The molecule has 0 aliphatic heterocycles. The minimum Gasteiger partial charge on any atom is -0.281 e. The molecule has 3 aromatic rings. The van der Waals surface area contributed by atoms with Crippen LogP contribution in [0.25, 0.3) is 16.8 Å². The molecule has 0 bridgehead atoms. The fraction of sp³-hybridized carbons (Fsp3) is 0. The second-order valence-electron chi connectivity index (χ2n) is 2.65. The van der Waals surface area contributed by atoms with E-state index in [0.29, 0.717) is 0 Å². The Morgan fingerprint density at radius 1 is 1.15 bits per heavy atom. The van der Waals surface area contributed by atoms with Crippen molar-refractivity contribution in [3.63, 3.8) is 0 Å². The van der Waals surface area contributed by atoms with Crippen molar-refractivity contribution in [3.8, 4) is 0 Å². The fourth-order valence-electron chi connectivity index (χ4n) is 1.32. The van der Waals surface area contributed by atoms with E-state index < -0.39 is 0 Å². The zero-order valence-electron chi connectivity index (χ0n) is 6.62. The third-order valence-corrected chi connectivity index (χ3v) is 1.87. The quantitative estimate of drug-likeness (QED) is 0.499. The first-order valence-corrected chi connectivity index (χ1v) is 3.83. The lowest BCUT2D eigenvalue weighted by molar-refractivity contribution is 1.11. The summed E-state index contributed by atoms with van der Waals surface area (Å²) in [5, 5.41) is 0. The van der Waals surface area contributed by atoms with Gasteiger partial charge in [0.1, 0.15) is 11.8 Å². The summed E-state index contributed by atoms with van der Waals surface area (Å²) in [6, 6.07) is 0. The monoisotopic (exact) mass is 171 g/mol. The van der Waals surface area contributed by atoms with Gasteiger partial charge in [-0.05, 0) is 0 Å². The lowest BCUT2D eigenvalue weighted by atomic mass is 10.6. The third-order valence-electron chi connectivity index (χ3n) is 1.87. The van der Waals surface area contributed by atoms with E-state index in [1.807, 2.05) is 10.6 Å². The van der Waals surface area contributed by atoms with E-state index in [9.17, 15) is 0 Å². The number of nitrogens with zero attached hydrogens (tertiary/aromatic N) is 5. The van der Waals surface area contributed by atoms with Crippen LogP contribution in [-0.4, -0.2) is 24.3 Å². The average molecular weight is 171 g/mol. The van der Waals surface area contributed by atoms with E-state index in [0.717, 1.165) is 16.8 Å². The highest BCUT2D eigenvalue weighted by Gasteiger charge is 2.02. The van der Waals surface area contributed by atoms with Gasteiger partial charge in [0.05, 0.1) is 12.4 Å². The van der Waals surface area contributed by atoms with Gasteiger partial charge in [-0.15, -0.1) is 0 Å². The molecule has 3 aromatic heterocycles. The Kier molecular flexibility index (Phi) is 1.11. The second-order valence-corrected chi connectivity index (χ2v) is 2.65. The maximum Gasteiger partial charge on any atom is 0.167 e. The molecule has 0 atom stereocenters. The molecule has 5 nitrogen and oxygen atoms in total. The normalized spacial score (nSPS) is 11.1. The number of fused-ring (bicyclic) bond motifs is 3. The van der Waals surface area contributed by atoms with Crippen LogP contribution in [-0.2, 0) is 0 Å². The van der Waals surface area contributed by atoms with Crippen LogP contribution in [0, 0.1) is 0 Å². The summed E-state index contributed by atoms with van der Waals surface area (Å²) < 4.78 is 1.88. The number of aromatic nitrogens is 5. The topological polar surface area (TPSA) is 56.0 Å². The van der Waals surface area contributed by atoms with Crippen LogP contribution in [0.1, 0.15) is 0 Å². The van der Waals surface area contributed by atoms with Crippen molar-refractivity contribution in [2.45, 2.75) is 0 Å². The van der Waals surface area contributed by atoms with E-state index >= 15 is 0 Å². The largest absolute Gasteiger partial charge is 0.281 e. The molecule has 0 saturated carbocycles. The van der Waals surface area contributed by atoms with E-state index in [1.165, 1.54) is 6.33 Å². The van der Waals surface area contributed by atoms with Gasteiger partial charge in [0.15, 0.2) is 11.3 Å². The van der Waals surface area contributed by atoms with Crippen molar-refractivity contribution in [1.82, 2.24) is 24.3 Å². The molecule has 0 N–H and O–H groups in total. The zero-order valence-corrected chi connectivity index (χ0v) is 6.62. The van der Waals surface area contributed by atoms with Gasteiger partial charge in [-0.1, -0.05) is 0 Å². The number of rotatable bonds is 0. The summed E-state index contributed by atoms with van der Waals surface area (Å²) in [7, 11) is 0. The van der Waals surface area contributed by atoms with E-state index in [2.05, 4.69) is 19.9 Å². The van der Waals surface area contributed by atoms with Gasteiger partial charge in [-0.3, -0.25) is 9.38 Å². The third kappa shape index (κ3) is 0.807. The van der Waals surface area contributed by atoms with Crippen LogP contribution >= 0.6 is 0 Å². The molecule has 5 heteroatoms. The van der Waals surface area contributed by atoms with Gasteiger partial charge >= 0.3 is 0 Å². The van der Waals surface area contributed by atoms with Crippen molar-refractivity contribution < 1.29 is 0 Å². The highest BCUT2D eigenvalue weighted by atomic mass is 15.1. The molecule has 0 aliphatic rings. The van der Waals surface area contributed by atoms with Gasteiger partial charge in [0, 0.05) is 12.4 Å². The highest BCUT2D eigenvalue weighted by Crippen LogP contribution is 2.10. The minimum atomic E-state index is 0.788. The highest BCUT2D eigenvalue weighted by molar-refractivity contribution is 5.74. The van der Waals surface area contributed by atoms with Crippen molar-refractivity contribution in [2.75, 3.05) is 0 Å². The Bertz CT molecular complexity index is 520. The molecule has 3 heterocycles. The molecule has 0 aromatic carbocycles. The van der Waals surface area contributed by atoms with Crippen molar-refractivity contribution >= 4 is 16.8 Å². The summed E-state index contributed by atoms with van der Waals surface area (Å²) in [6.07, 6.45) is 8.43. The summed E-state index contributed by atoms with van der Waals surface area (Å²) in [5.41, 5.74) is 2.39. The van der Waals surface area contributed by atoms with E-state index in [1.54, 1.807) is 18.6 Å². The Hall–Kier alpha value is -2.04. The average Bonchev–Trinajstić information content (AvgIpc) is 2.56. The Morgan fingerprint density at radius 3 is 3.15 bits per heavy atom. The molecular weight excluding hydrogens is 166 g/mol. The van der Waals surface area contributed by atoms with Crippen molar-refractivity contribution in [2.24, 2.45) is 0 Å². The lowest BCUT2D eigenvalue weighted by Crippen LogP contribution is -1.86. The summed E-state index contributed by atoms with van der Waals surface area (Å²) in [6.45, 7) is 0. The fourth-order valence-corrected chi connectivity index (χ4v) is 1.32. The molecule has 0 aliphatic carbocycles. The molecule has 0 unspecified atom stereocenters. The predicted octanol–water partition coefficient (Wildman–Crippen LogP) is 0.672. The zero-order chi connectivity index (χ0) is 8.67. The van der Waals surface area contributed by atoms with Gasteiger partial charge < -0.3 is 0 Å². The van der Waals surface area contributed by atoms with Crippen LogP contribution in [0.5, 0.6) is 0 Å². The first kappa shape index (κ1) is 6.47. The summed E-state index contributed by atoms with van der Waals surface area (Å²) in [5.74, 6) is 0. The molecule has 0 radical (unpaired) electrons. The first-order valence-electron chi connectivity index (χ1n) is 3.83. The van der Waals surface area contributed by atoms with Crippen molar-refractivity contribution in [3.05, 3.63) is 31.1 Å². The van der Waals surface area contributed by atoms with Gasteiger partial charge in [0.25, 0.3) is 0 Å². The summed E-state index contributed by atoms with van der Waals surface area (Å²) >= 11 is 0. The van der Waals surface area contributed by atoms with Gasteiger partial charge in [-0.25, -0.2) is 15.0 Å². The maximum atomic E-state index is 4.29. The van der Waals surface area contributed by atoms with Gasteiger partial charge in [0.2, 0.25) is 0 Å². The minimum absolute atomic E-state index is 0.788. The first-order chi connectivity index (χ1) is 6.45. The van der Waals surface area contributed by atoms with Crippen LogP contribution in [0.3, 0.4) is 0 Å².